The number of aliphatic hydroxyl groups excluding tert-OH is 3. The van der Waals surface area contributed by atoms with Crippen molar-refractivity contribution in [2.45, 2.75) is 24.5 Å². The van der Waals surface area contributed by atoms with Gasteiger partial charge in [-0.25, -0.2) is 15.0 Å². The minimum atomic E-state index is -1.19. The molecule has 20 heavy (non-hydrogen) atoms. The van der Waals surface area contributed by atoms with Crippen molar-refractivity contribution >= 4 is 17.0 Å². The van der Waals surface area contributed by atoms with E-state index in [4.69, 9.17) is 15.6 Å². The number of nitrogen functional groups attached to an aromatic ring is 1. The molecule has 3 heterocycles. The molecule has 2 aromatic heterocycles. The van der Waals surface area contributed by atoms with Gasteiger partial charge in [0, 0.05) is 0 Å². The van der Waals surface area contributed by atoms with Crippen LogP contribution in [0.1, 0.15) is 7.65 Å². The number of hydrogen-bond donors (Lipinski definition) is 4. The third-order valence-electron chi connectivity index (χ3n) is 3.18. The first kappa shape index (κ1) is 15.6. The van der Waals surface area contributed by atoms with Gasteiger partial charge in [0.05, 0.1) is 12.9 Å². The fraction of sp³-hybridized carbons (Fsp3) is 0.500. The largest absolute Gasteiger partial charge is 1.00 e. The topological polar surface area (TPSA) is 140 Å². The number of ether oxygens (including phenoxy) is 1. The molecule has 0 spiro atoms. The van der Waals surface area contributed by atoms with Crippen LogP contribution < -0.4 is 35.3 Å². The van der Waals surface area contributed by atoms with Gasteiger partial charge in [-0.15, -0.1) is 0 Å². The first-order valence-corrected chi connectivity index (χ1v) is 5.69. The van der Waals surface area contributed by atoms with Crippen molar-refractivity contribution in [3.8, 4) is 0 Å². The van der Waals surface area contributed by atoms with E-state index in [1.165, 1.54) is 17.2 Å². The van der Waals surface area contributed by atoms with Crippen molar-refractivity contribution in [2.75, 3.05) is 12.3 Å². The Labute approximate surface area is 137 Å². The van der Waals surface area contributed by atoms with Crippen LogP contribution in [0.3, 0.4) is 0 Å². The van der Waals surface area contributed by atoms with Crippen LogP contribution in [0.4, 0.5) is 5.82 Å². The molecule has 0 aliphatic carbocycles. The fourth-order valence-corrected chi connectivity index (χ4v) is 2.17. The molecule has 1 aliphatic heterocycles. The predicted molar refractivity (Wildman–Crippen MR) is 63.9 cm³/mol. The summed E-state index contributed by atoms with van der Waals surface area (Å²) in [6, 6.07) is 0. The predicted octanol–water partition coefficient (Wildman–Crippen LogP) is -4.86. The van der Waals surface area contributed by atoms with Crippen molar-refractivity contribution in [2.24, 2.45) is 0 Å². The van der Waals surface area contributed by atoms with E-state index >= 15 is 0 Å². The van der Waals surface area contributed by atoms with Crippen LogP contribution in [-0.4, -0.2) is 59.8 Å². The fourth-order valence-electron chi connectivity index (χ4n) is 2.17. The molecule has 0 radical (unpaired) electrons. The van der Waals surface area contributed by atoms with Gasteiger partial charge in [0.25, 0.3) is 0 Å². The summed E-state index contributed by atoms with van der Waals surface area (Å²) in [6.07, 6.45) is -1.42. The Balaban J connectivity index is 0.00000110. The minimum absolute atomic E-state index is 0. The van der Waals surface area contributed by atoms with Gasteiger partial charge in [-0.3, -0.25) is 4.57 Å². The Morgan fingerprint density at radius 3 is 2.70 bits per heavy atom. The van der Waals surface area contributed by atoms with Crippen LogP contribution in [-0.2, 0) is 4.74 Å². The summed E-state index contributed by atoms with van der Waals surface area (Å²) in [7, 11) is 0. The Kier molecular flexibility index (Phi) is 4.59. The summed E-state index contributed by atoms with van der Waals surface area (Å²) in [6.45, 7) is -0.390. The van der Waals surface area contributed by atoms with Crippen LogP contribution >= 0.6 is 0 Å². The summed E-state index contributed by atoms with van der Waals surface area (Å²) in [4.78, 5) is 11.9. The zero-order chi connectivity index (χ0) is 13.6. The molecule has 9 nitrogen and oxygen atoms in total. The summed E-state index contributed by atoms with van der Waals surface area (Å²) >= 11 is 0. The standard InChI is InChI=1S/C10H13N5O4.Na.H/c11-8-5-9(13-2-12-8)15(3-14-5)10-7(18)6(17)4(1-16)19-10;;/h2-4,6-7,10,16-18H,1H2,(H2,11,12,13);;/q;+1;-1/t4-,6?,7?,10-;;/m1../s1. The van der Waals surface area contributed by atoms with Crippen molar-refractivity contribution in [3.63, 3.8) is 0 Å². The summed E-state index contributed by atoms with van der Waals surface area (Å²) in [5, 5.41) is 28.7. The minimum Gasteiger partial charge on any atom is -1.00 e. The number of hydrogen-bond acceptors (Lipinski definition) is 8. The maximum Gasteiger partial charge on any atom is 1.00 e. The molecule has 104 valence electrons. The molecule has 1 fully saturated rings. The van der Waals surface area contributed by atoms with Gasteiger partial charge >= 0.3 is 29.6 Å². The molecule has 0 saturated carbocycles. The van der Waals surface area contributed by atoms with E-state index in [9.17, 15) is 10.2 Å². The first-order valence-electron chi connectivity index (χ1n) is 5.69. The zero-order valence-corrected chi connectivity index (χ0v) is 12.8. The van der Waals surface area contributed by atoms with Gasteiger partial charge < -0.3 is 27.2 Å². The van der Waals surface area contributed by atoms with E-state index in [2.05, 4.69) is 15.0 Å². The van der Waals surface area contributed by atoms with E-state index in [0.29, 0.717) is 11.2 Å². The monoisotopic (exact) mass is 291 g/mol. The number of nitrogens with zero attached hydrogens (tertiary/aromatic N) is 4. The first-order chi connectivity index (χ1) is 9.13. The number of rotatable bonds is 2. The van der Waals surface area contributed by atoms with Crippen LogP contribution in [0, 0.1) is 0 Å². The maximum absolute atomic E-state index is 9.95. The van der Waals surface area contributed by atoms with Gasteiger partial charge in [-0.05, 0) is 0 Å². The van der Waals surface area contributed by atoms with E-state index in [0.717, 1.165) is 0 Å². The van der Waals surface area contributed by atoms with Crippen molar-refractivity contribution < 1.29 is 51.0 Å². The number of fused-ring (bicyclic) bond motifs is 1. The average molecular weight is 291 g/mol. The number of imidazole rings is 1. The van der Waals surface area contributed by atoms with Crippen LogP contribution in [0.15, 0.2) is 12.7 Å². The molecule has 3 rings (SSSR count). The van der Waals surface area contributed by atoms with Crippen LogP contribution in [0.2, 0.25) is 0 Å². The van der Waals surface area contributed by atoms with E-state index in [1.54, 1.807) is 0 Å². The third kappa shape index (κ3) is 2.31. The summed E-state index contributed by atoms with van der Waals surface area (Å²) in [5.41, 5.74) is 6.44. The van der Waals surface area contributed by atoms with Gasteiger partial charge in [0.1, 0.15) is 30.2 Å². The quantitative estimate of drug-likeness (QED) is 0.404. The maximum atomic E-state index is 9.95. The number of aromatic nitrogens is 4. The second kappa shape index (κ2) is 5.90. The Morgan fingerprint density at radius 1 is 1.30 bits per heavy atom. The molecular weight excluding hydrogens is 277 g/mol. The third-order valence-corrected chi connectivity index (χ3v) is 3.18. The van der Waals surface area contributed by atoms with Gasteiger partial charge in [0.2, 0.25) is 0 Å². The SMILES string of the molecule is Nc1ncnc2c1ncn2[C@@H]1O[C@H](CO)C(O)C1O.[H-].[Na+]. The average Bonchev–Trinajstić information content (AvgIpc) is 2.94. The molecular formula is C10H14N5NaO4. The summed E-state index contributed by atoms with van der Waals surface area (Å²) in [5.74, 6) is 0.218. The van der Waals surface area contributed by atoms with Crippen molar-refractivity contribution in [1.29, 1.82) is 0 Å². The van der Waals surface area contributed by atoms with Crippen LogP contribution in [0.25, 0.3) is 11.2 Å². The Hall–Kier alpha value is -0.810. The van der Waals surface area contributed by atoms with E-state index in [1.807, 2.05) is 0 Å². The van der Waals surface area contributed by atoms with E-state index in [-0.39, 0.29) is 36.8 Å². The molecule has 1 aliphatic rings. The molecule has 1 saturated heterocycles. The van der Waals surface area contributed by atoms with Crippen molar-refractivity contribution in [3.05, 3.63) is 12.7 Å². The van der Waals surface area contributed by atoms with Gasteiger partial charge in [-0.2, -0.15) is 0 Å². The molecule has 2 aromatic rings. The Bertz CT molecular complexity index is 614. The normalized spacial score (nSPS) is 29.6. The molecule has 4 atom stereocenters. The molecule has 10 heteroatoms. The second-order valence-corrected chi connectivity index (χ2v) is 4.31. The molecule has 5 N–H and O–H groups in total. The molecule has 0 amide bonds. The molecule has 2 unspecified atom stereocenters. The number of anilines is 1. The second-order valence-electron chi connectivity index (χ2n) is 4.31. The van der Waals surface area contributed by atoms with E-state index < -0.39 is 31.1 Å². The molecule has 0 aromatic carbocycles. The Morgan fingerprint density at radius 2 is 2.05 bits per heavy atom. The number of nitrogens with two attached hydrogens (primary N) is 1. The smallest absolute Gasteiger partial charge is 1.00 e. The number of aliphatic hydroxyl groups is 3. The summed E-state index contributed by atoms with van der Waals surface area (Å²) < 4.78 is 6.85. The molecule has 0 bridgehead atoms. The zero-order valence-electron chi connectivity index (χ0n) is 11.8. The van der Waals surface area contributed by atoms with Gasteiger partial charge in [-0.1, -0.05) is 0 Å². The van der Waals surface area contributed by atoms with Crippen LogP contribution in [0.5, 0.6) is 0 Å². The van der Waals surface area contributed by atoms with Gasteiger partial charge in [0.15, 0.2) is 17.7 Å². The van der Waals surface area contributed by atoms with Crippen molar-refractivity contribution in [1.82, 2.24) is 19.5 Å².